The van der Waals surface area contributed by atoms with Gasteiger partial charge in [0.05, 0.1) is 11.4 Å². The second kappa shape index (κ2) is 7.76. The molecule has 5 aromatic rings. The topological polar surface area (TPSA) is 25.8 Å². The molecule has 0 aliphatic heterocycles. The van der Waals surface area contributed by atoms with Crippen LogP contribution < -0.4 is 0 Å². The first-order valence-corrected chi connectivity index (χ1v) is 10.5. The third-order valence-electron chi connectivity index (χ3n) is 4.95. The highest BCUT2D eigenvalue weighted by Gasteiger charge is 2.12. The van der Waals surface area contributed by atoms with E-state index in [2.05, 4.69) is 108 Å². The van der Waals surface area contributed by atoms with Gasteiger partial charge in [-0.05, 0) is 51.6 Å². The lowest BCUT2D eigenvalue weighted by atomic mass is 10.0. The molecule has 0 N–H and O–H groups in total. The number of aromatic nitrogens is 2. The van der Waals surface area contributed by atoms with Crippen LogP contribution >= 0.6 is 22.6 Å². The van der Waals surface area contributed by atoms with E-state index in [-0.39, 0.29) is 0 Å². The quantitative estimate of drug-likeness (QED) is 0.253. The van der Waals surface area contributed by atoms with Crippen LogP contribution in [0.25, 0.3) is 44.7 Å². The molecule has 5 rings (SSSR count). The molecule has 0 fully saturated rings. The maximum atomic E-state index is 4.98. The zero-order valence-electron chi connectivity index (χ0n) is 15.6. The molecule has 0 saturated heterocycles. The van der Waals surface area contributed by atoms with E-state index < -0.39 is 0 Å². The van der Waals surface area contributed by atoms with Gasteiger partial charge in [-0.3, -0.25) is 0 Å². The van der Waals surface area contributed by atoms with E-state index >= 15 is 0 Å². The van der Waals surface area contributed by atoms with Crippen molar-refractivity contribution in [3.8, 4) is 33.9 Å². The molecule has 0 saturated carbocycles. The molecule has 1 aromatic heterocycles. The van der Waals surface area contributed by atoms with E-state index in [9.17, 15) is 0 Å². The summed E-state index contributed by atoms with van der Waals surface area (Å²) >= 11 is 2.34. The van der Waals surface area contributed by atoms with Crippen molar-refractivity contribution >= 4 is 33.4 Å². The molecule has 0 aliphatic rings. The molecule has 0 amide bonds. The smallest absolute Gasteiger partial charge is 0.161 e. The average Bonchev–Trinajstić information content (AvgIpc) is 2.79. The second-order valence-electron chi connectivity index (χ2n) is 6.87. The van der Waals surface area contributed by atoms with Gasteiger partial charge in [0.25, 0.3) is 0 Å². The van der Waals surface area contributed by atoms with Gasteiger partial charge in [0.1, 0.15) is 0 Å². The highest BCUT2D eigenvalue weighted by molar-refractivity contribution is 14.1. The Hall–Kier alpha value is -3.05. The predicted molar refractivity (Wildman–Crippen MR) is 129 cm³/mol. The molecular formula is C26H17IN2. The highest BCUT2D eigenvalue weighted by atomic mass is 127. The average molecular weight is 484 g/mol. The normalized spacial score (nSPS) is 10.9. The van der Waals surface area contributed by atoms with Crippen molar-refractivity contribution in [1.29, 1.82) is 0 Å². The Kier molecular flexibility index (Phi) is 4.82. The first kappa shape index (κ1) is 18.0. The molecule has 0 aliphatic carbocycles. The number of hydrogen-bond donors (Lipinski definition) is 0. The number of nitrogens with zero attached hydrogens (tertiary/aromatic N) is 2. The largest absolute Gasteiger partial charge is 0.228 e. The van der Waals surface area contributed by atoms with Crippen LogP contribution in [0.2, 0.25) is 0 Å². The number of fused-ring (bicyclic) bond motifs is 1. The predicted octanol–water partition coefficient (Wildman–Crippen LogP) is 7.24. The SMILES string of the molecule is Ic1cccc(-c2cc(-c3ccccc3)nc(-c3cccc4ccccc34)n2)c1. The van der Waals surface area contributed by atoms with E-state index in [1.54, 1.807) is 0 Å². The van der Waals surface area contributed by atoms with Crippen LogP contribution in [0, 0.1) is 3.57 Å². The first-order chi connectivity index (χ1) is 14.3. The van der Waals surface area contributed by atoms with Gasteiger partial charge in [-0.25, -0.2) is 9.97 Å². The minimum absolute atomic E-state index is 0.747. The van der Waals surface area contributed by atoms with Crippen LogP contribution in [0.5, 0.6) is 0 Å². The molecule has 138 valence electrons. The van der Waals surface area contributed by atoms with Crippen molar-refractivity contribution in [2.75, 3.05) is 0 Å². The van der Waals surface area contributed by atoms with E-state index in [0.29, 0.717) is 0 Å². The van der Waals surface area contributed by atoms with Crippen LogP contribution in [-0.2, 0) is 0 Å². The Balaban J connectivity index is 1.78. The summed E-state index contributed by atoms with van der Waals surface area (Å²) in [4.78, 5) is 9.94. The van der Waals surface area contributed by atoms with E-state index in [1.165, 1.54) is 8.96 Å². The molecule has 3 heteroatoms. The minimum Gasteiger partial charge on any atom is -0.228 e. The number of rotatable bonds is 3. The van der Waals surface area contributed by atoms with Gasteiger partial charge in [0, 0.05) is 20.3 Å². The van der Waals surface area contributed by atoms with Crippen LogP contribution in [0.3, 0.4) is 0 Å². The molecule has 0 atom stereocenters. The lowest BCUT2D eigenvalue weighted by Crippen LogP contribution is -1.96. The van der Waals surface area contributed by atoms with Gasteiger partial charge in [0.15, 0.2) is 5.82 Å². The summed E-state index contributed by atoms with van der Waals surface area (Å²) in [6.07, 6.45) is 0. The fourth-order valence-corrected chi connectivity index (χ4v) is 4.08. The monoisotopic (exact) mass is 484 g/mol. The van der Waals surface area contributed by atoms with Crippen molar-refractivity contribution in [3.63, 3.8) is 0 Å². The van der Waals surface area contributed by atoms with Crippen LogP contribution in [-0.4, -0.2) is 9.97 Å². The van der Waals surface area contributed by atoms with E-state index in [0.717, 1.165) is 39.3 Å². The number of benzene rings is 4. The molecule has 29 heavy (non-hydrogen) atoms. The Labute approximate surface area is 183 Å². The van der Waals surface area contributed by atoms with Crippen molar-refractivity contribution in [2.24, 2.45) is 0 Å². The fourth-order valence-electron chi connectivity index (χ4n) is 3.54. The number of halogens is 1. The maximum Gasteiger partial charge on any atom is 0.161 e. The van der Waals surface area contributed by atoms with Gasteiger partial charge in [-0.1, -0.05) is 84.9 Å². The summed E-state index contributed by atoms with van der Waals surface area (Å²) < 4.78 is 1.19. The second-order valence-corrected chi connectivity index (χ2v) is 8.11. The first-order valence-electron chi connectivity index (χ1n) is 9.46. The van der Waals surface area contributed by atoms with Crippen molar-refractivity contribution in [3.05, 3.63) is 107 Å². The lowest BCUT2D eigenvalue weighted by Gasteiger charge is -2.11. The standard InChI is InChI=1S/C26H17IN2/c27-21-13-6-12-20(16-21)25-17-24(19-9-2-1-3-10-19)28-26(29-25)23-15-7-11-18-8-4-5-14-22(18)23/h1-17H. The summed E-state index contributed by atoms with van der Waals surface area (Å²) in [5, 5.41) is 2.35. The van der Waals surface area contributed by atoms with Crippen molar-refractivity contribution < 1.29 is 0 Å². The molecular weight excluding hydrogens is 467 g/mol. The zero-order valence-corrected chi connectivity index (χ0v) is 17.7. The summed E-state index contributed by atoms with van der Waals surface area (Å²) in [6, 6.07) is 35.5. The van der Waals surface area contributed by atoms with Crippen LogP contribution in [0.15, 0.2) is 103 Å². The fraction of sp³-hybridized carbons (Fsp3) is 0. The lowest BCUT2D eigenvalue weighted by molar-refractivity contribution is 1.19. The van der Waals surface area contributed by atoms with Gasteiger partial charge in [-0.2, -0.15) is 0 Å². The molecule has 0 unspecified atom stereocenters. The molecule has 2 nitrogen and oxygen atoms in total. The maximum absolute atomic E-state index is 4.98. The third-order valence-corrected chi connectivity index (χ3v) is 5.62. The van der Waals surface area contributed by atoms with Crippen LogP contribution in [0.1, 0.15) is 0 Å². The van der Waals surface area contributed by atoms with Gasteiger partial charge in [-0.15, -0.1) is 0 Å². The minimum atomic E-state index is 0.747. The van der Waals surface area contributed by atoms with Crippen molar-refractivity contribution in [2.45, 2.75) is 0 Å². The number of hydrogen-bond acceptors (Lipinski definition) is 2. The third kappa shape index (κ3) is 3.66. The molecule has 0 spiro atoms. The Bertz CT molecular complexity index is 1310. The molecule has 0 bridgehead atoms. The highest BCUT2D eigenvalue weighted by Crippen LogP contribution is 2.31. The summed E-state index contributed by atoms with van der Waals surface area (Å²) in [7, 11) is 0. The summed E-state index contributed by atoms with van der Waals surface area (Å²) in [5.74, 6) is 0.747. The van der Waals surface area contributed by atoms with Gasteiger partial charge >= 0.3 is 0 Å². The van der Waals surface area contributed by atoms with Gasteiger partial charge < -0.3 is 0 Å². The zero-order chi connectivity index (χ0) is 19.6. The Morgan fingerprint density at radius 2 is 1.21 bits per heavy atom. The summed E-state index contributed by atoms with van der Waals surface area (Å²) in [5.41, 5.74) is 5.09. The van der Waals surface area contributed by atoms with Crippen LogP contribution in [0.4, 0.5) is 0 Å². The Morgan fingerprint density at radius 3 is 2.03 bits per heavy atom. The Morgan fingerprint density at radius 1 is 0.552 bits per heavy atom. The molecule has 0 radical (unpaired) electrons. The van der Waals surface area contributed by atoms with Gasteiger partial charge in [0.2, 0.25) is 0 Å². The molecule has 4 aromatic carbocycles. The molecule has 1 heterocycles. The van der Waals surface area contributed by atoms with E-state index in [1.807, 2.05) is 18.2 Å². The van der Waals surface area contributed by atoms with Crippen molar-refractivity contribution in [1.82, 2.24) is 9.97 Å². The summed E-state index contributed by atoms with van der Waals surface area (Å²) in [6.45, 7) is 0. The van der Waals surface area contributed by atoms with E-state index in [4.69, 9.17) is 9.97 Å².